The van der Waals surface area contributed by atoms with Crippen LogP contribution in [-0.2, 0) is 25.4 Å². The molecule has 39 heavy (non-hydrogen) atoms. The van der Waals surface area contributed by atoms with Crippen LogP contribution in [0, 0.1) is 11.8 Å². The van der Waals surface area contributed by atoms with Crippen LogP contribution in [0.3, 0.4) is 0 Å². The predicted octanol–water partition coefficient (Wildman–Crippen LogP) is 4.09. The number of rotatable bonds is 4. The number of aliphatic hydroxyl groups is 1. The van der Waals surface area contributed by atoms with Crippen molar-refractivity contribution < 1.29 is 38.7 Å². The van der Waals surface area contributed by atoms with Gasteiger partial charge in [-0.3, -0.25) is 4.79 Å². The van der Waals surface area contributed by atoms with Crippen molar-refractivity contribution >= 4 is 17.7 Å². The molecule has 1 aromatic carbocycles. The van der Waals surface area contributed by atoms with Gasteiger partial charge in [0.1, 0.15) is 0 Å². The summed E-state index contributed by atoms with van der Waals surface area (Å²) in [5.74, 6) is -0.375. The number of allylic oxidation sites excluding steroid dienone is 1. The fourth-order valence-electron chi connectivity index (χ4n) is 5.08. The number of phenols is 1. The summed E-state index contributed by atoms with van der Waals surface area (Å²) in [5.41, 5.74) is 7.69. The maximum atomic E-state index is 12.9. The highest BCUT2D eigenvalue weighted by atomic mass is 16.6. The molecule has 6 atom stereocenters. The number of nitrogens with one attached hydrogen (secondary N) is 1. The molecule has 1 aliphatic heterocycles. The molecule has 0 fully saturated rings. The number of hydrogen-bond donors (Lipinski definition) is 4. The number of primary amides is 1. The molecule has 1 aliphatic rings. The number of amides is 2. The lowest BCUT2D eigenvalue weighted by molar-refractivity contribution is -0.112. The number of aliphatic hydroxyl groups excluding tert-OH is 1. The van der Waals surface area contributed by atoms with Crippen molar-refractivity contribution in [1.82, 2.24) is 0 Å². The van der Waals surface area contributed by atoms with E-state index in [1.54, 1.807) is 33.1 Å². The van der Waals surface area contributed by atoms with E-state index < -0.39 is 30.5 Å². The maximum absolute atomic E-state index is 12.9. The highest BCUT2D eigenvalue weighted by molar-refractivity contribution is 6.03. The fourth-order valence-corrected chi connectivity index (χ4v) is 5.08. The van der Waals surface area contributed by atoms with Crippen LogP contribution in [0.1, 0.15) is 52.5 Å². The lowest BCUT2D eigenvalue weighted by Gasteiger charge is -2.30. The molecule has 2 amide bonds. The topological polar surface area (TPSA) is 150 Å². The van der Waals surface area contributed by atoms with Crippen LogP contribution in [0.5, 0.6) is 11.5 Å². The van der Waals surface area contributed by atoms with Gasteiger partial charge in [0.05, 0.1) is 25.4 Å². The number of carbonyl (C=O) groups is 2. The normalized spacial score (nSPS) is 30.3. The first-order chi connectivity index (χ1) is 18.4. The molecule has 0 saturated heterocycles. The number of aromatic hydroxyl groups is 1. The Morgan fingerprint density at radius 1 is 1.10 bits per heavy atom. The number of hydrogen-bond acceptors (Lipinski definition) is 8. The smallest absolute Gasteiger partial charge is 0.405 e. The molecule has 1 aromatic rings. The highest BCUT2D eigenvalue weighted by Gasteiger charge is 2.30. The zero-order valence-electron chi connectivity index (χ0n) is 24.0. The Morgan fingerprint density at radius 3 is 2.36 bits per heavy atom. The number of nitrogens with two attached hydrogens (primary N) is 1. The van der Waals surface area contributed by atoms with Crippen molar-refractivity contribution in [2.45, 2.75) is 77.8 Å². The molecule has 2 bridgehead atoms. The molecule has 0 spiro atoms. The van der Waals surface area contributed by atoms with E-state index in [4.69, 9.17) is 24.7 Å². The average Bonchev–Trinajstić information content (AvgIpc) is 2.87. The summed E-state index contributed by atoms with van der Waals surface area (Å²) in [6.07, 6.45) is 1.95. The second-order valence-corrected chi connectivity index (χ2v) is 10.3. The molecule has 10 nitrogen and oxygen atoms in total. The van der Waals surface area contributed by atoms with Crippen LogP contribution < -0.4 is 15.8 Å². The van der Waals surface area contributed by atoms with E-state index in [9.17, 15) is 19.8 Å². The molecule has 0 aromatic heterocycles. The Labute approximate surface area is 231 Å². The van der Waals surface area contributed by atoms with Gasteiger partial charge in [0.2, 0.25) is 0 Å². The van der Waals surface area contributed by atoms with Crippen molar-refractivity contribution in [1.29, 1.82) is 0 Å². The lowest BCUT2D eigenvalue weighted by atomic mass is 9.88. The summed E-state index contributed by atoms with van der Waals surface area (Å²) in [4.78, 5) is 24.6. The third-order valence-electron chi connectivity index (χ3n) is 7.15. The monoisotopic (exact) mass is 548 g/mol. The summed E-state index contributed by atoms with van der Waals surface area (Å²) in [6, 6.07) is 3.24. The van der Waals surface area contributed by atoms with Crippen LogP contribution in [0.4, 0.5) is 10.5 Å². The molecular weight excluding hydrogens is 504 g/mol. The summed E-state index contributed by atoms with van der Waals surface area (Å²) in [5, 5.41) is 24.6. The second-order valence-electron chi connectivity index (χ2n) is 10.3. The number of methoxy groups -OCH3 is 3. The summed E-state index contributed by atoms with van der Waals surface area (Å²) in [7, 11) is 4.55. The van der Waals surface area contributed by atoms with E-state index in [-0.39, 0.29) is 23.5 Å². The zero-order valence-corrected chi connectivity index (χ0v) is 24.0. The van der Waals surface area contributed by atoms with Gasteiger partial charge in [-0.2, -0.15) is 0 Å². The summed E-state index contributed by atoms with van der Waals surface area (Å²) in [6.45, 7) is 7.38. The molecule has 10 heteroatoms. The van der Waals surface area contributed by atoms with E-state index in [2.05, 4.69) is 5.32 Å². The van der Waals surface area contributed by atoms with Crippen LogP contribution in [-0.4, -0.2) is 68.0 Å². The number of anilines is 1. The van der Waals surface area contributed by atoms with Crippen LogP contribution in [0.15, 0.2) is 35.4 Å². The predicted molar refractivity (Wildman–Crippen MR) is 149 cm³/mol. The van der Waals surface area contributed by atoms with Gasteiger partial charge in [-0.25, -0.2) is 4.79 Å². The van der Waals surface area contributed by atoms with E-state index >= 15 is 0 Å². The molecule has 1 heterocycles. The average molecular weight is 549 g/mol. The van der Waals surface area contributed by atoms with E-state index in [1.165, 1.54) is 20.3 Å². The van der Waals surface area contributed by atoms with Crippen molar-refractivity contribution in [3.05, 3.63) is 41.0 Å². The van der Waals surface area contributed by atoms with Gasteiger partial charge in [-0.05, 0) is 57.1 Å². The first kappa shape index (κ1) is 32.1. The second kappa shape index (κ2) is 14.9. The molecule has 218 valence electrons. The Morgan fingerprint density at radius 2 is 1.77 bits per heavy atom. The first-order valence-corrected chi connectivity index (χ1v) is 13.2. The first-order valence-electron chi connectivity index (χ1n) is 13.2. The van der Waals surface area contributed by atoms with Gasteiger partial charge in [0.15, 0.2) is 17.6 Å². The van der Waals surface area contributed by atoms with Crippen molar-refractivity contribution in [2.24, 2.45) is 17.6 Å². The largest absolute Gasteiger partial charge is 0.504 e. The quantitative estimate of drug-likeness (QED) is 0.411. The molecule has 0 saturated carbocycles. The summed E-state index contributed by atoms with van der Waals surface area (Å²) < 4.78 is 22.2. The number of phenolic OH excluding ortho intramolecular Hbond substituents is 1. The number of fused-ring (bicyclic) bond motifs is 2. The van der Waals surface area contributed by atoms with Crippen LogP contribution in [0.2, 0.25) is 0 Å². The zero-order chi connectivity index (χ0) is 29.3. The van der Waals surface area contributed by atoms with E-state index in [0.717, 1.165) is 5.56 Å². The van der Waals surface area contributed by atoms with Crippen molar-refractivity contribution in [3.8, 4) is 11.5 Å². The molecule has 0 aliphatic carbocycles. The van der Waals surface area contributed by atoms with Gasteiger partial charge in [-0.15, -0.1) is 0 Å². The van der Waals surface area contributed by atoms with Gasteiger partial charge in [-0.1, -0.05) is 26.0 Å². The molecule has 0 radical (unpaired) electrons. The fraction of sp³-hybridized carbons (Fsp3) is 0.586. The Hall–Kier alpha value is -3.08. The minimum absolute atomic E-state index is 0.0219. The van der Waals surface area contributed by atoms with Crippen LogP contribution >= 0.6 is 0 Å². The minimum Gasteiger partial charge on any atom is -0.504 e. The molecule has 5 N–H and O–H groups in total. The SMILES string of the molecule is COc1c(O)cc2cc1C[C@H](C)C[C@H](OC)[C@H](O)[C@H](C)/C=C(\C)[C@@H](OC(N)=O)[C@@H](OC)CC/C=C(\C)C(=O)N2. The number of carbonyl (C=O) groups excluding carboxylic acids is 2. The standard InChI is InChI=1S/C29H44N2O8/c1-16-11-20-14-21(15-22(32)27(20)38-7)31-28(34)17(2)9-8-10-23(36-5)26(39-29(30)35)19(4)13-18(3)25(33)24(12-16)37-6/h9,13-16,18,23-26,32-33H,8,10-12H2,1-7H3,(H2,30,35)(H,31,34)/b17-9+,19-13+/t16-,18+,23-,24-,25+,26+/m0/s1. The van der Waals surface area contributed by atoms with Gasteiger partial charge < -0.3 is 40.2 Å². The highest BCUT2D eigenvalue weighted by Crippen LogP contribution is 2.36. The third kappa shape index (κ3) is 8.98. The van der Waals surface area contributed by atoms with Crippen molar-refractivity contribution in [3.63, 3.8) is 0 Å². The van der Waals surface area contributed by atoms with Gasteiger partial charge in [0.25, 0.3) is 5.91 Å². The number of ether oxygens (including phenoxy) is 4. The summed E-state index contributed by atoms with van der Waals surface area (Å²) >= 11 is 0. The Balaban J connectivity index is 2.53. The van der Waals surface area contributed by atoms with Crippen molar-refractivity contribution in [2.75, 3.05) is 26.6 Å². The minimum atomic E-state index is -0.934. The van der Waals surface area contributed by atoms with E-state index in [0.29, 0.717) is 48.3 Å². The van der Waals surface area contributed by atoms with Gasteiger partial charge >= 0.3 is 6.09 Å². The van der Waals surface area contributed by atoms with Gasteiger partial charge in [0, 0.05) is 43.0 Å². The molecule has 2 rings (SSSR count). The Kier molecular flexibility index (Phi) is 12.3. The maximum Gasteiger partial charge on any atom is 0.405 e. The van der Waals surface area contributed by atoms with E-state index in [1.807, 2.05) is 19.9 Å². The third-order valence-corrected chi connectivity index (χ3v) is 7.15. The lowest BCUT2D eigenvalue weighted by Crippen LogP contribution is -2.37. The van der Waals surface area contributed by atoms with Crippen LogP contribution in [0.25, 0.3) is 0 Å². The molecular formula is C29H44N2O8. The Bertz CT molecular complexity index is 1050. The number of benzene rings is 1. The molecule has 0 unspecified atom stereocenters.